The largest absolute Gasteiger partial charge is 0.326 e. The molecule has 0 radical (unpaired) electrons. The molecule has 1 aliphatic carbocycles. The highest BCUT2D eigenvalue weighted by molar-refractivity contribution is 6.05. The molecule has 0 bridgehead atoms. The Labute approximate surface area is 158 Å². The lowest BCUT2D eigenvalue weighted by atomic mass is 10.1. The van der Waals surface area contributed by atoms with E-state index < -0.39 is 18.0 Å². The third-order valence-corrected chi connectivity index (χ3v) is 4.58. The zero-order valence-electron chi connectivity index (χ0n) is 14.9. The molecule has 4 rings (SSSR count). The molecule has 3 aromatic rings. The van der Waals surface area contributed by atoms with Crippen LogP contribution in [0.5, 0.6) is 0 Å². The van der Waals surface area contributed by atoms with Crippen molar-refractivity contribution in [2.24, 2.45) is 5.92 Å². The molecule has 2 amide bonds. The second-order valence-corrected chi connectivity index (χ2v) is 6.70. The molecule has 7 nitrogen and oxygen atoms in total. The SMILES string of the molecule is Cc1ccc(NC(=O)C2CC2)cc1NC(=O)c1c(C(F)F)nc2cnccn12. The number of aromatic nitrogens is 3. The van der Waals surface area contributed by atoms with E-state index in [0.29, 0.717) is 11.4 Å². The lowest BCUT2D eigenvalue weighted by Crippen LogP contribution is -2.18. The van der Waals surface area contributed by atoms with E-state index in [2.05, 4.69) is 20.6 Å². The fourth-order valence-electron chi connectivity index (χ4n) is 2.91. The van der Waals surface area contributed by atoms with Crippen LogP contribution in [0.4, 0.5) is 20.2 Å². The van der Waals surface area contributed by atoms with Crippen LogP contribution in [-0.2, 0) is 4.79 Å². The van der Waals surface area contributed by atoms with E-state index in [4.69, 9.17) is 0 Å². The molecule has 1 aliphatic rings. The molecule has 0 saturated heterocycles. The van der Waals surface area contributed by atoms with Gasteiger partial charge in [0.1, 0.15) is 11.4 Å². The van der Waals surface area contributed by atoms with E-state index in [1.807, 2.05) is 0 Å². The molecule has 2 aromatic heterocycles. The molecule has 1 fully saturated rings. The van der Waals surface area contributed by atoms with Crippen LogP contribution < -0.4 is 10.6 Å². The van der Waals surface area contributed by atoms with E-state index in [-0.39, 0.29) is 23.2 Å². The van der Waals surface area contributed by atoms with Gasteiger partial charge in [-0.15, -0.1) is 0 Å². The summed E-state index contributed by atoms with van der Waals surface area (Å²) in [5.41, 5.74) is 0.981. The summed E-state index contributed by atoms with van der Waals surface area (Å²) in [4.78, 5) is 32.4. The number of carbonyl (C=O) groups is 2. The number of anilines is 2. The molecule has 28 heavy (non-hydrogen) atoms. The summed E-state index contributed by atoms with van der Waals surface area (Å²) in [6.07, 6.45) is 2.94. The maximum absolute atomic E-state index is 13.4. The summed E-state index contributed by atoms with van der Waals surface area (Å²) in [7, 11) is 0. The van der Waals surface area contributed by atoms with Gasteiger partial charge < -0.3 is 10.6 Å². The van der Waals surface area contributed by atoms with Gasteiger partial charge in [-0.1, -0.05) is 6.07 Å². The van der Waals surface area contributed by atoms with Gasteiger partial charge in [0.25, 0.3) is 12.3 Å². The van der Waals surface area contributed by atoms with Gasteiger partial charge >= 0.3 is 0 Å². The van der Waals surface area contributed by atoms with E-state index in [1.54, 1.807) is 25.1 Å². The predicted octanol–water partition coefficient (Wildman–Crippen LogP) is 3.58. The smallest absolute Gasteiger partial charge is 0.282 e. The number of benzene rings is 1. The number of halogens is 2. The van der Waals surface area contributed by atoms with Crippen molar-refractivity contribution in [3.8, 4) is 0 Å². The second-order valence-electron chi connectivity index (χ2n) is 6.70. The van der Waals surface area contributed by atoms with Gasteiger partial charge in [-0.2, -0.15) is 0 Å². The van der Waals surface area contributed by atoms with Crippen molar-refractivity contribution in [1.82, 2.24) is 14.4 Å². The van der Waals surface area contributed by atoms with E-state index in [9.17, 15) is 18.4 Å². The Kier molecular flexibility index (Phi) is 4.50. The fraction of sp³-hybridized carbons (Fsp3) is 0.263. The number of hydrogen-bond donors (Lipinski definition) is 2. The number of carbonyl (C=O) groups excluding carboxylic acids is 2. The molecule has 144 valence electrons. The number of fused-ring (bicyclic) bond motifs is 1. The first-order chi connectivity index (χ1) is 13.4. The minimum Gasteiger partial charge on any atom is -0.326 e. The number of imidazole rings is 1. The van der Waals surface area contributed by atoms with Crippen molar-refractivity contribution < 1.29 is 18.4 Å². The minimum atomic E-state index is -2.91. The standard InChI is InChI=1S/C19H17F2N5O2/c1-10-2-5-12(23-18(27)11-3-4-11)8-13(10)24-19(28)16-15(17(20)21)25-14-9-22-6-7-26(14)16/h2,5-9,11,17H,3-4H2,1H3,(H,23,27)(H,24,28). The first-order valence-electron chi connectivity index (χ1n) is 8.77. The lowest BCUT2D eigenvalue weighted by Gasteiger charge is -2.12. The van der Waals surface area contributed by atoms with Gasteiger partial charge in [0.2, 0.25) is 5.91 Å². The van der Waals surface area contributed by atoms with Crippen LogP contribution in [0.2, 0.25) is 0 Å². The molecule has 0 aliphatic heterocycles. The van der Waals surface area contributed by atoms with E-state index in [0.717, 1.165) is 18.4 Å². The van der Waals surface area contributed by atoms with Gasteiger partial charge in [-0.05, 0) is 37.5 Å². The Morgan fingerprint density at radius 1 is 1.25 bits per heavy atom. The summed E-state index contributed by atoms with van der Waals surface area (Å²) in [5, 5.41) is 5.46. The summed E-state index contributed by atoms with van der Waals surface area (Å²) in [6.45, 7) is 1.77. The molecule has 9 heteroatoms. The zero-order chi connectivity index (χ0) is 19.8. The zero-order valence-corrected chi connectivity index (χ0v) is 14.9. The molecule has 2 N–H and O–H groups in total. The van der Waals surface area contributed by atoms with Gasteiger partial charge in [0.15, 0.2) is 5.65 Å². The number of rotatable bonds is 5. The minimum absolute atomic E-state index is 0.0414. The van der Waals surface area contributed by atoms with Crippen molar-refractivity contribution in [3.63, 3.8) is 0 Å². The number of aryl methyl sites for hydroxylation is 1. The lowest BCUT2D eigenvalue weighted by molar-refractivity contribution is -0.117. The molecule has 0 unspecified atom stereocenters. The van der Waals surface area contributed by atoms with Gasteiger partial charge in [0.05, 0.1) is 6.20 Å². The maximum atomic E-state index is 13.4. The third-order valence-electron chi connectivity index (χ3n) is 4.58. The van der Waals surface area contributed by atoms with E-state index in [1.165, 1.54) is 23.0 Å². The number of nitrogens with one attached hydrogen (secondary N) is 2. The van der Waals surface area contributed by atoms with Gasteiger partial charge in [-0.3, -0.25) is 19.0 Å². The Morgan fingerprint density at radius 2 is 2.04 bits per heavy atom. The van der Waals surface area contributed by atoms with Gasteiger partial charge in [0, 0.05) is 29.7 Å². The van der Waals surface area contributed by atoms with Crippen LogP contribution in [0.3, 0.4) is 0 Å². The molecule has 0 spiro atoms. The average Bonchev–Trinajstić information content (AvgIpc) is 3.44. The molecule has 2 heterocycles. The summed E-state index contributed by atoms with van der Waals surface area (Å²) < 4.78 is 28.1. The Bertz CT molecular complexity index is 1080. The van der Waals surface area contributed by atoms with Crippen LogP contribution >= 0.6 is 0 Å². The van der Waals surface area contributed by atoms with Crippen molar-refractivity contribution in [3.05, 3.63) is 53.7 Å². The van der Waals surface area contributed by atoms with Crippen LogP contribution in [0.15, 0.2) is 36.8 Å². The Balaban J connectivity index is 1.64. The highest BCUT2D eigenvalue weighted by Crippen LogP contribution is 2.31. The first kappa shape index (κ1) is 18.0. The number of nitrogens with zero attached hydrogens (tertiary/aromatic N) is 3. The highest BCUT2D eigenvalue weighted by Gasteiger charge is 2.30. The number of amides is 2. The predicted molar refractivity (Wildman–Crippen MR) is 98.4 cm³/mol. The van der Waals surface area contributed by atoms with Crippen LogP contribution in [0.25, 0.3) is 5.65 Å². The number of alkyl halides is 2. The topological polar surface area (TPSA) is 88.4 Å². The number of hydrogen-bond acceptors (Lipinski definition) is 4. The quantitative estimate of drug-likeness (QED) is 0.703. The van der Waals surface area contributed by atoms with Crippen molar-refractivity contribution >= 4 is 28.8 Å². The Morgan fingerprint density at radius 3 is 2.75 bits per heavy atom. The van der Waals surface area contributed by atoms with Crippen molar-refractivity contribution in [2.45, 2.75) is 26.2 Å². The second kappa shape index (κ2) is 6.99. The summed E-state index contributed by atoms with van der Waals surface area (Å²) >= 11 is 0. The van der Waals surface area contributed by atoms with Gasteiger partial charge in [-0.25, -0.2) is 13.8 Å². The molecule has 1 saturated carbocycles. The fourth-order valence-corrected chi connectivity index (χ4v) is 2.91. The first-order valence-corrected chi connectivity index (χ1v) is 8.77. The van der Waals surface area contributed by atoms with Crippen LogP contribution in [-0.4, -0.2) is 26.2 Å². The highest BCUT2D eigenvalue weighted by atomic mass is 19.3. The van der Waals surface area contributed by atoms with Crippen LogP contribution in [0, 0.1) is 12.8 Å². The molecular weight excluding hydrogens is 368 g/mol. The monoisotopic (exact) mass is 385 g/mol. The van der Waals surface area contributed by atoms with Crippen molar-refractivity contribution in [2.75, 3.05) is 10.6 Å². The van der Waals surface area contributed by atoms with E-state index >= 15 is 0 Å². The molecular formula is C19H17F2N5O2. The third kappa shape index (κ3) is 3.42. The van der Waals surface area contributed by atoms with Crippen LogP contribution in [0.1, 0.15) is 41.0 Å². The van der Waals surface area contributed by atoms with Crippen molar-refractivity contribution in [1.29, 1.82) is 0 Å². The average molecular weight is 385 g/mol. The summed E-state index contributed by atoms with van der Waals surface area (Å²) in [5.74, 6) is -0.738. The molecule has 1 aromatic carbocycles. The maximum Gasteiger partial charge on any atom is 0.282 e. The summed E-state index contributed by atoms with van der Waals surface area (Å²) in [6, 6.07) is 5.08. The normalized spacial score (nSPS) is 13.7. The molecule has 0 atom stereocenters. The Hall–Kier alpha value is -3.36.